The molecule has 25 heavy (non-hydrogen) atoms. The summed E-state index contributed by atoms with van der Waals surface area (Å²) in [5, 5.41) is 13.1. The van der Waals surface area contributed by atoms with Crippen molar-refractivity contribution >= 4 is 12.1 Å². The first-order valence-corrected chi connectivity index (χ1v) is 7.78. The zero-order valence-electron chi connectivity index (χ0n) is 14.1. The van der Waals surface area contributed by atoms with Gasteiger partial charge in [0.15, 0.2) is 17.4 Å². The molecule has 2 aromatic carbocycles. The third-order valence-electron chi connectivity index (χ3n) is 3.40. The van der Waals surface area contributed by atoms with Crippen LogP contribution in [0.15, 0.2) is 53.6 Å². The van der Waals surface area contributed by atoms with Crippen molar-refractivity contribution < 1.29 is 14.3 Å². The monoisotopic (exact) mass is 337 g/mol. The van der Waals surface area contributed by atoms with Crippen LogP contribution in [0, 0.1) is 11.3 Å². The lowest BCUT2D eigenvalue weighted by molar-refractivity contribution is -0.121. The second-order valence-electron chi connectivity index (χ2n) is 5.05. The Kier molecular flexibility index (Phi) is 6.55. The van der Waals surface area contributed by atoms with E-state index in [1.807, 2.05) is 19.1 Å². The highest BCUT2D eigenvalue weighted by atomic mass is 16.5. The average molecular weight is 337 g/mol. The van der Waals surface area contributed by atoms with Crippen molar-refractivity contribution in [2.24, 2.45) is 5.10 Å². The maximum atomic E-state index is 12.1. The Bertz CT molecular complexity index is 782. The number of nitrogens with one attached hydrogen (secondary N) is 1. The van der Waals surface area contributed by atoms with Crippen molar-refractivity contribution in [1.82, 2.24) is 5.43 Å². The molecule has 0 aromatic heterocycles. The van der Waals surface area contributed by atoms with Crippen molar-refractivity contribution in [2.45, 2.75) is 12.8 Å². The van der Waals surface area contributed by atoms with Gasteiger partial charge < -0.3 is 9.47 Å². The number of methoxy groups -OCH3 is 1. The van der Waals surface area contributed by atoms with Gasteiger partial charge in [-0.2, -0.15) is 10.4 Å². The molecule has 6 nitrogen and oxygen atoms in total. The van der Waals surface area contributed by atoms with Gasteiger partial charge in [0.1, 0.15) is 0 Å². The molecule has 128 valence electrons. The zero-order chi connectivity index (χ0) is 18.1. The van der Waals surface area contributed by atoms with E-state index in [2.05, 4.69) is 10.5 Å². The molecule has 6 heteroatoms. The fraction of sp³-hybridized carbons (Fsp3) is 0.211. The van der Waals surface area contributed by atoms with Crippen LogP contribution in [0.5, 0.6) is 11.5 Å². The molecule has 0 heterocycles. The molecule has 0 radical (unpaired) electrons. The third-order valence-corrected chi connectivity index (χ3v) is 3.40. The minimum atomic E-state index is -0.909. The zero-order valence-corrected chi connectivity index (χ0v) is 14.1. The molecule has 0 aliphatic heterocycles. The molecule has 0 bridgehead atoms. The van der Waals surface area contributed by atoms with Crippen LogP contribution >= 0.6 is 0 Å². The summed E-state index contributed by atoms with van der Waals surface area (Å²) in [6, 6.07) is 16.1. The van der Waals surface area contributed by atoms with Crippen molar-refractivity contribution in [3.63, 3.8) is 0 Å². The van der Waals surface area contributed by atoms with E-state index in [0.717, 1.165) is 5.56 Å². The number of amides is 1. The smallest absolute Gasteiger partial charge is 0.261 e. The number of hydrazone groups is 1. The molecule has 0 spiro atoms. The number of carbonyl (C=O) groups is 1. The van der Waals surface area contributed by atoms with E-state index in [1.165, 1.54) is 6.21 Å². The predicted molar refractivity (Wildman–Crippen MR) is 94.7 cm³/mol. The number of rotatable bonds is 7. The van der Waals surface area contributed by atoms with Crippen molar-refractivity contribution in [2.75, 3.05) is 13.7 Å². The minimum absolute atomic E-state index is 0.483. The minimum Gasteiger partial charge on any atom is -0.493 e. The van der Waals surface area contributed by atoms with Gasteiger partial charge in [-0.1, -0.05) is 30.3 Å². The normalized spacial score (nSPS) is 11.6. The quantitative estimate of drug-likeness (QED) is 0.622. The number of hydrogen-bond acceptors (Lipinski definition) is 5. The van der Waals surface area contributed by atoms with Crippen LogP contribution in [-0.4, -0.2) is 25.8 Å². The fourth-order valence-electron chi connectivity index (χ4n) is 2.21. The molecule has 1 N–H and O–H groups in total. The van der Waals surface area contributed by atoms with E-state index in [1.54, 1.807) is 49.6 Å². The van der Waals surface area contributed by atoms with E-state index < -0.39 is 11.8 Å². The van der Waals surface area contributed by atoms with Gasteiger partial charge in [0.05, 0.1) is 26.0 Å². The van der Waals surface area contributed by atoms with Gasteiger partial charge in [-0.15, -0.1) is 0 Å². The molecule has 0 saturated carbocycles. The van der Waals surface area contributed by atoms with Gasteiger partial charge in [0.25, 0.3) is 5.91 Å². The summed E-state index contributed by atoms with van der Waals surface area (Å²) >= 11 is 0. The molecule has 1 amide bonds. The molecule has 0 aliphatic rings. The van der Waals surface area contributed by atoms with Crippen molar-refractivity contribution in [3.8, 4) is 17.6 Å². The lowest BCUT2D eigenvalue weighted by Crippen LogP contribution is -2.24. The van der Waals surface area contributed by atoms with E-state index in [9.17, 15) is 10.1 Å². The molecule has 1 atom stereocenters. The first kappa shape index (κ1) is 18.0. The van der Waals surface area contributed by atoms with Gasteiger partial charge >= 0.3 is 0 Å². The largest absolute Gasteiger partial charge is 0.493 e. The number of hydrogen-bond donors (Lipinski definition) is 1. The van der Waals surface area contributed by atoms with Gasteiger partial charge in [0.2, 0.25) is 0 Å². The van der Waals surface area contributed by atoms with Crippen LogP contribution in [0.4, 0.5) is 0 Å². The standard InChI is InChI=1S/C19H19N3O3/c1-3-25-18-11-14(9-10-17(18)24-2)13-21-22-19(23)16(12-20)15-7-5-4-6-8-15/h4-11,13,16H,3H2,1-2H3,(H,22,23)/b21-13-/t16-/m0/s1. The van der Waals surface area contributed by atoms with Gasteiger partial charge in [-0.05, 0) is 36.2 Å². The van der Waals surface area contributed by atoms with E-state index >= 15 is 0 Å². The maximum Gasteiger partial charge on any atom is 0.261 e. The Labute approximate surface area is 146 Å². The molecule has 0 unspecified atom stereocenters. The molecule has 2 rings (SSSR count). The summed E-state index contributed by atoms with van der Waals surface area (Å²) in [5.74, 6) is -0.173. The lowest BCUT2D eigenvalue weighted by Gasteiger charge is -2.09. The molecule has 0 saturated heterocycles. The number of nitrogens with zero attached hydrogens (tertiary/aromatic N) is 2. The number of nitriles is 1. The number of carbonyl (C=O) groups excluding carboxylic acids is 1. The first-order chi connectivity index (χ1) is 12.2. The van der Waals surface area contributed by atoms with Gasteiger partial charge in [-0.3, -0.25) is 4.79 Å². The van der Waals surface area contributed by atoms with Crippen molar-refractivity contribution in [3.05, 3.63) is 59.7 Å². The maximum absolute atomic E-state index is 12.1. The Balaban J connectivity index is 2.06. The van der Waals surface area contributed by atoms with Crippen LogP contribution in [-0.2, 0) is 4.79 Å². The number of benzene rings is 2. The predicted octanol–water partition coefficient (Wildman–Crippen LogP) is 2.85. The van der Waals surface area contributed by atoms with Crippen molar-refractivity contribution in [1.29, 1.82) is 5.26 Å². The Morgan fingerprint density at radius 3 is 2.68 bits per heavy atom. The van der Waals surface area contributed by atoms with Crippen LogP contribution in [0.1, 0.15) is 24.0 Å². The highest BCUT2D eigenvalue weighted by Gasteiger charge is 2.19. The summed E-state index contributed by atoms with van der Waals surface area (Å²) in [7, 11) is 1.57. The van der Waals surface area contributed by atoms with E-state index in [0.29, 0.717) is 23.7 Å². The summed E-state index contributed by atoms with van der Waals surface area (Å²) < 4.78 is 10.7. The third kappa shape index (κ3) is 4.82. The van der Waals surface area contributed by atoms with E-state index in [-0.39, 0.29) is 0 Å². The Hall–Kier alpha value is -3.33. The molecular formula is C19H19N3O3. The topological polar surface area (TPSA) is 83.7 Å². The van der Waals surface area contributed by atoms with Gasteiger partial charge in [-0.25, -0.2) is 5.43 Å². The molecule has 2 aromatic rings. The van der Waals surface area contributed by atoms with Crippen LogP contribution in [0.2, 0.25) is 0 Å². The average Bonchev–Trinajstić information content (AvgIpc) is 2.64. The molecule has 0 aliphatic carbocycles. The fourth-order valence-corrected chi connectivity index (χ4v) is 2.21. The first-order valence-electron chi connectivity index (χ1n) is 7.78. The van der Waals surface area contributed by atoms with E-state index in [4.69, 9.17) is 9.47 Å². The highest BCUT2D eigenvalue weighted by Crippen LogP contribution is 2.27. The van der Waals surface area contributed by atoms with Crippen LogP contribution in [0.25, 0.3) is 0 Å². The second-order valence-corrected chi connectivity index (χ2v) is 5.05. The molecule has 0 fully saturated rings. The summed E-state index contributed by atoms with van der Waals surface area (Å²) in [5.41, 5.74) is 3.76. The summed E-state index contributed by atoms with van der Waals surface area (Å²) in [4.78, 5) is 12.1. The van der Waals surface area contributed by atoms with Gasteiger partial charge in [0, 0.05) is 0 Å². The Morgan fingerprint density at radius 1 is 1.28 bits per heavy atom. The Morgan fingerprint density at radius 2 is 2.04 bits per heavy atom. The number of ether oxygens (including phenoxy) is 2. The SMILES string of the molecule is CCOc1cc(/C=N\NC(=O)[C@@H](C#N)c2ccccc2)ccc1OC. The van der Waals surface area contributed by atoms with Crippen LogP contribution in [0.3, 0.4) is 0 Å². The lowest BCUT2D eigenvalue weighted by atomic mass is 10.0. The summed E-state index contributed by atoms with van der Waals surface area (Å²) in [6.45, 7) is 2.39. The molecular weight excluding hydrogens is 318 g/mol. The highest BCUT2D eigenvalue weighted by molar-refractivity contribution is 5.88. The van der Waals surface area contributed by atoms with Crippen LogP contribution < -0.4 is 14.9 Å². The summed E-state index contributed by atoms with van der Waals surface area (Å²) in [6.07, 6.45) is 1.49. The second kappa shape index (κ2) is 9.08.